The fraction of sp³-hybridized carbons (Fsp3) is 0.250. The van der Waals surface area contributed by atoms with Gasteiger partial charge < -0.3 is 0 Å². The van der Waals surface area contributed by atoms with Gasteiger partial charge in [0.25, 0.3) is 0 Å². The zero-order valence-corrected chi connectivity index (χ0v) is 7.05. The normalized spacial score (nSPS) is 14.9. The van der Waals surface area contributed by atoms with Crippen molar-refractivity contribution in [3.63, 3.8) is 0 Å². The minimum atomic E-state index is 0.0683. The fourth-order valence-corrected chi connectivity index (χ4v) is 2.21. The molecule has 1 aliphatic rings. The van der Waals surface area contributed by atoms with E-state index in [2.05, 4.69) is 24.8 Å². The van der Waals surface area contributed by atoms with Crippen molar-refractivity contribution >= 4 is 20.4 Å². The summed E-state index contributed by atoms with van der Waals surface area (Å²) in [5, 5.41) is 0. The minimum absolute atomic E-state index is 0.0683. The van der Waals surface area contributed by atoms with Crippen molar-refractivity contribution in [1.29, 1.82) is 0 Å². The largest absolute Gasteiger partial charge is 0.407 e. The smallest absolute Gasteiger partial charge is 0.190 e. The summed E-state index contributed by atoms with van der Waals surface area (Å²) in [6.07, 6.45) is 9.90. The van der Waals surface area contributed by atoms with Crippen molar-refractivity contribution in [2.24, 2.45) is 0 Å². The molecule has 0 unspecified atom stereocenters. The van der Waals surface area contributed by atoms with Gasteiger partial charge in [0.1, 0.15) is 0 Å². The number of hydrogen-bond acceptors (Lipinski definition) is 0. The lowest BCUT2D eigenvalue weighted by Gasteiger charge is -1.92. The Bertz CT molecular complexity index is 154. The third kappa shape index (κ3) is 2.37. The van der Waals surface area contributed by atoms with Gasteiger partial charge in [-0.2, -0.15) is 3.70 Å². The van der Waals surface area contributed by atoms with E-state index in [1.165, 1.54) is 11.0 Å². The molecule has 0 amide bonds. The minimum Gasteiger partial charge on any atom is -0.190 e. The molecule has 44 valence electrons. The van der Waals surface area contributed by atoms with Gasteiger partial charge in [0, 0.05) is 0 Å². The molecule has 0 bridgehead atoms. The maximum atomic E-state index is 3.71. The van der Waals surface area contributed by atoms with Gasteiger partial charge in [-0.15, -0.1) is 17.2 Å². The van der Waals surface area contributed by atoms with E-state index in [1.807, 2.05) is 6.08 Å². The summed E-state index contributed by atoms with van der Waals surface area (Å²) in [4.78, 5) is 0. The average Bonchev–Trinajstić information content (AvgIpc) is 2.34. The number of hydrogen-bond donors (Lipinski definition) is 0. The van der Waals surface area contributed by atoms with Gasteiger partial charge in [-0.1, -0.05) is 18.2 Å². The predicted molar refractivity (Wildman–Crippen MR) is 42.6 cm³/mol. The van der Waals surface area contributed by atoms with Crippen molar-refractivity contribution < 1.29 is 0 Å². The van der Waals surface area contributed by atoms with Crippen molar-refractivity contribution in [2.75, 3.05) is 0 Å². The molecule has 1 heteroatoms. The van der Waals surface area contributed by atoms with E-state index in [0.717, 1.165) is 0 Å². The summed E-state index contributed by atoms with van der Waals surface area (Å²) in [7, 11) is 0. The molecule has 0 nitrogen and oxygen atoms in total. The Kier molecular flexibility index (Phi) is 3.08. The van der Waals surface area contributed by atoms with Crippen molar-refractivity contribution in [1.82, 2.24) is 0 Å². The standard InChI is InChI=1S/C5H5.C3H5.Mg/c1-2-4-5-3-1;1-3-2;/h1-3H,4H2;3H,1-2H2;. The molecule has 0 N–H and O–H groups in total. The molecule has 0 aliphatic heterocycles. The van der Waals surface area contributed by atoms with Gasteiger partial charge in [0.15, 0.2) is 0 Å². The van der Waals surface area contributed by atoms with Crippen LogP contribution in [0.15, 0.2) is 34.6 Å². The Morgan fingerprint density at radius 1 is 1.78 bits per heavy atom. The van der Waals surface area contributed by atoms with E-state index in [0.29, 0.717) is 0 Å². The van der Waals surface area contributed by atoms with Gasteiger partial charge >= 0.3 is 20.4 Å². The van der Waals surface area contributed by atoms with Crippen LogP contribution in [0, 0.1) is 0 Å². The molecular formula is C8H10Mg. The topological polar surface area (TPSA) is 0 Å². The Labute approximate surface area is 66.1 Å². The third-order valence-electron chi connectivity index (χ3n) is 1.52. The van der Waals surface area contributed by atoms with E-state index < -0.39 is 0 Å². The third-order valence-corrected chi connectivity index (χ3v) is 3.38. The molecule has 9 heavy (non-hydrogen) atoms. The van der Waals surface area contributed by atoms with Gasteiger partial charge in [-0.25, -0.2) is 0 Å². The van der Waals surface area contributed by atoms with Crippen LogP contribution in [0.4, 0.5) is 0 Å². The highest BCUT2D eigenvalue weighted by Gasteiger charge is 2.00. The van der Waals surface area contributed by atoms with Gasteiger partial charge in [0.05, 0.1) is 0 Å². The first-order chi connectivity index (χ1) is 4.43. The monoisotopic (exact) mass is 130 g/mol. The summed E-state index contributed by atoms with van der Waals surface area (Å²) in [6, 6.07) is 0. The molecule has 0 heterocycles. The highest BCUT2D eigenvalue weighted by molar-refractivity contribution is 6.46. The quantitative estimate of drug-likeness (QED) is 0.406. The molecule has 0 saturated carbocycles. The second kappa shape index (κ2) is 3.91. The predicted octanol–water partition coefficient (Wildman–Crippen LogP) is 2.14. The maximum absolute atomic E-state index is 3.71. The first-order valence-corrected chi connectivity index (χ1v) is 5.09. The van der Waals surface area contributed by atoms with E-state index in [9.17, 15) is 0 Å². The maximum Gasteiger partial charge on any atom is 0.407 e. The molecular weight excluding hydrogens is 120 g/mol. The molecule has 0 aromatic heterocycles. The second-order valence-corrected chi connectivity index (χ2v) is 4.27. The average molecular weight is 130 g/mol. The first kappa shape index (κ1) is 7.10. The Balaban J connectivity index is 2.21. The molecule has 0 spiro atoms. The zero-order valence-electron chi connectivity index (χ0n) is 5.64. The second-order valence-electron chi connectivity index (χ2n) is 2.28. The van der Waals surface area contributed by atoms with Gasteiger partial charge in [0.2, 0.25) is 0 Å². The lowest BCUT2D eigenvalue weighted by atomic mass is 10.5. The van der Waals surface area contributed by atoms with Crippen LogP contribution in [0.5, 0.6) is 0 Å². The SMILES string of the molecule is C=C[CH2][Mg][C]1=CC=CC1. The highest BCUT2D eigenvalue weighted by atomic mass is 24.5. The van der Waals surface area contributed by atoms with Crippen LogP contribution >= 0.6 is 0 Å². The van der Waals surface area contributed by atoms with E-state index in [1.54, 1.807) is 3.70 Å². The molecule has 0 fully saturated rings. The fourth-order valence-electron chi connectivity index (χ4n) is 0.964. The summed E-state index contributed by atoms with van der Waals surface area (Å²) in [5.41, 5.74) is 0. The van der Waals surface area contributed by atoms with E-state index in [-0.39, 0.29) is 20.4 Å². The highest BCUT2D eigenvalue weighted by Crippen LogP contribution is 2.09. The van der Waals surface area contributed by atoms with Crippen LogP contribution in [-0.2, 0) is 0 Å². The zero-order chi connectivity index (χ0) is 6.53. The van der Waals surface area contributed by atoms with Gasteiger partial charge in [-0.3, -0.25) is 0 Å². The number of allylic oxidation sites excluding steroid dienone is 5. The summed E-state index contributed by atoms with van der Waals surface area (Å²) in [5.74, 6) is 0. The van der Waals surface area contributed by atoms with E-state index >= 15 is 0 Å². The van der Waals surface area contributed by atoms with Crippen LogP contribution < -0.4 is 0 Å². The van der Waals surface area contributed by atoms with Crippen LogP contribution in [0.1, 0.15) is 6.42 Å². The molecule has 0 atom stereocenters. The summed E-state index contributed by atoms with van der Waals surface area (Å²) < 4.78 is 2.93. The Hall–Kier alpha value is -0.0138. The van der Waals surface area contributed by atoms with Crippen LogP contribution in [-0.4, -0.2) is 20.4 Å². The molecule has 1 aliphatic carbocycles. The molecule has 0 radical (unpaired) electrons. The Morgan fingerprint density at radius 2 is 2.67 bits per heavy atom. The van der Waals surface area contributed by atoms with Crippen molar-refractivity contribution in [2.45, 2.75) is 11.0 Å². The first-order valence-electron chi connectivity index (χ1n) is 3.39. The van der Waals surface area contributed by atoms with Gasteiger partial charge in [-0.05, 0) is 6.42 Å². The molecule has 0 aromatic carbocycles. The Morgan fingerprint density at radius 3 is 3.22 bits per heavy atom. The van der Waals surface area contributed by atoms with Crippen molar-refractivity contribution in [3.05, 3.63) is 34.6 Å². The summed E-state index contributed by atoms with van der Waals surface area (Å²) >= 11 is 0.0683. The lowest BCUT2D eigenvalue weighted by Crippen LogP contribution is -1.89. The van der Waals surface area contributed by atoms with Crippen LogP contribution in [0.3, 0.4) is 0 Å². The van der Waals surface area contributed by atoms with Crippen molar-refractivity contribution in [3.8, 4) is 0 Å². The lowest BCUT2D eigenvalue weighted by molar-refractivity contribution is 1.39. The van der Waals surface area contributed by atoms with E-state index in [4.69, 9.17) is 0 Å². The van der Waals surface area contributed by atoms with Crippen LogP contribution in [0.25, 0.3) is 0 Å². The summed E-state index contributed by atoms with van der Waals surface area (Å²) in [6.45, 7) is 3.71. The molecule has 0 aromatic rings. The van der Waals surface area contributed by atoms with Crippen LogP contribution in [0.2, 0.25) is 4.55 Å². The molecule has 0 saturated heterocycles. The molecule has 1 rings (SSSR count). The number of rotatable bonds is 3.